The summed E-state index contributed by atoms with van der Waals surface area (Å²) in [5.41, 5.74) is 2.11. The number of esters is 1. The third-order valence-corrected chi connectivity index (χ3v) is 3.81. The number of benzene rings is 1. The molecule has 0 spiro atoms. The van der Waals surface area contributed by atoms with Crippen molar-refractivity contribution in [1.82, 2.24) is 10.1 Å². The Morgan fingerprint density at radius 2 is 2.08 bits per heavy atom. The number of carbonyl (C=O) groups excluding carboxylic acids is 2. The molecule has 26 heavy (non-hydrogen) atoms. The number of rotatable bonds is 6. The number of ether oxygens (including phenoxy) is 1. The second kappa shape index (κ2) is 7.53. The quantitative estimate of drug-likeness (QED) is 0.420. The molecule has 1 aromatic carbocycles. The molecule has 0 amide bonds. The van der Waals surface area contributed by atoms with Gasteiger partial charge in [-0.3, -0.25) is 4.79 Å². The van der Waals surface area contributed by atoms with Crippen LogP contribution in [0.3, 0.4) is 0 Å². The Morgan fingerprint density at radius 1 is 1.31 bits per heavy atom. The number of ketones is 1. The van der Waals surface area contributed by atoms with Crippen LogP contribution in [0.5, 0.6) is 0 Å². The highest BCUT2D eigenvalue weighted by Crippen LogP contribution is 2.28. The van der Waals surface area contributed by atoms with Crippen molar-refractivity contribution >= 4 is 11.8 Å². The number of aryl methyl sites for hydroxylation is 1. The first-order valence-electron chi connectivity index (χ1n) is 8.03. The Hall–Kier alpha value is -3.59. The zero-order valence-electron chi connectivity index (χ0n) is 14.1. The molecular formula is C20H16N2O4. The molecule has 6 nitrogen and oxygen atoms in total. The summed E-state index contributed by atoms with van der Waals surface area (Å²) in [5.74, 6) is 1.81. The summed E-state index contributed by atoms with van der Waals surface area (Å²) in [4.78, 5) is 27.6. The van der Waals surface area contributed by atoms with Crippen molar-refractivity contribution < 1.29 is 18.8 Å². The maximum absolute atomic E-state index is 13.0. The van der Waals surface area contributed by atoms with Gasteiger partial charge in [-0.15, -0.1) is 6.42 Å². The fourth-order valence-electron chi connectivity index (χ4n) is 2.57. The molecule has 0 saturated heterocycles. The zero-order chi connectivity index (χ0) is 18.5. The number of carbonyl (C=O) groups is 2. The summed E-state index contributed by atoms with van der Waals surface area (Å²) in [5, 5.41) is 4.07. The smallest absolute Gasteiger partial charge is 0.355 e. The first-order chi connectivity index (χ1) is 12.7. The van der Waals surface area contributed by atoms with E-state index in [0.29, 0.717) is 29.0 Å². The molecule has 0 aliphatic carbocycles. The summed E-state index contributed by atoms with van der Waals surface area (Å²) in [6.45, 7) is 1.75. The van der Waals surface area contributed by atoms with Gasteiger partial charge in [0.15, 0.2) is 12.4 Å². The van der Waals surface area contributed by atoms with Crippen molar-refractivity contribution in [3.05, 3.63) is 65.2 Å². The van der Waals surface area contributed by atoms with E-state index < -0.39 is 5.97 Å². The number of H-pyrrole nitrogens is 1. The fraction of sp³-hybridized carbons (Fsp3) is 0.150. The van der Waals surface area contributed by atoms with Gasteiger partial charge in [0.05, 0.1) is 5.56 Å². The number of terminal acetylenes is 1. The van der Waals surface area contributed by atoms with Crippen LogP contribution in [0.1, 0.15) is 39.1 Å². The standard InChI is InChI=1S/C20H16N2O4/c1-3-10-25-20(24)15-11-14(12-21-15)19(23)17-16(4-2)26-22-18(17)13-8-6-5-7-9-13/h1,5-9,11-12,21H,4,10H2,2H3. The van der Waals surface area contributed by atoms with E-state index in [1.165, 1.54) is 12.3 Å². The molecule has 3 aromatic rings. The van der Waals surface area contributed by atoms with Gasteiger partial charge in [0.25, 0.3) is 0 Å². The van der Waals surface area contributed by atoms with E-state index in [-0.39, 0.29) is 18.1 Å². The lowest BCUT2D eigenvalue weighted by atomic mass is 9.98. The minimum Gasteiger partial charge on any atom is -0.448 e. The van der Waals surface area contributed by atoms with E-state index in [9.17, 15) is 9.59 Å². The summed E-state index contributed by atoms with van der Waals surface area (Å²) in [7, 11) is 0. The SMILES string of the molecule is C#CCOC(=O)c1cc(C(=O)c2c(-c3ccccc3)noc2CC)c[nH]1. The van der Waals surface area contributed by atoms with Crippen LogP contribution in [0.4, 0.5) is 0 Å². The van der Waals surface area contributed by atoms with Crippen molar-refractivity contribution in [2.24, 2.45) is 0 Å². The van der Waals surface area contributed by atoms with E-state index in [2.05, 4.69) is 16.1 Å². The molecule has 6 heteroatoms. The Balaban J connectivity index is 1.96. The number of nitrogens with one attached hydrogen (secondary N) is 1. The minimum atomic E-state index is -0.619. The average molecular weight is 348 g/mol. The van der Waals surface area contributed by atoms with Gasteiger partial charge in [-0.05, 0) is 6.07 Å². The van der Waals surface area contributed by atoms with Crippen molar-refractivity contribution in [3.8, 4) is 23.6 Å². The van der Waals surface area contributed by atoms with Gasteiger partial charge >= 0.3 is 5.97 Å². The molecule has 0 bridgehead atoms. The second-order valence-electron chi connectivity index (χ2n) is 5.46. The van der Waals surface area contributed by atoms with Gasteiger partial charge < -0.3 is 14.2 Å². The van der Waals surface area contributed by atoms with E-state index >= 15 is 0 Å². The normalized spacial score (nSPS) is 10.3. The Labute approximate surface area is 150 Å². The van der Waals surface area contributed by atoms with E-state index in [4.69, 9.17) is 15.7 Å². The highest BCUT2D eigenvalue weighted by Gasteiger charge is 2.25. The summed E-state index contributed by atoms with van der Waals surface area (Å²) in [6.07, 6.45) is 7.04. The topological polar surface area (TPSA) is 85.2 Å². The second-order valence-corrected chi connectivity index (χ2v) is 5.46. The molecule has 0 unspecified atom stereocenters. The van der Waals surface area contributed by atoms with Crippen LogP contribution in [0.15, 0.2) is 47.1 Å². The van der Waals surface area contributed by atoms with Crippen molar-refractivity contribution in [2.45, 2.75) is 13.3 Å². The summed E-state index contributed by atoms with van der Waals surface area (Å²) < 4.78 is 10.2. The lowest BCUT2D eigenvalue weighted by molar-refractivity contribution is 0.0550. The zero-order valence-corrected chi connectivity index (χ0v) is 14.1. The number of aromatic nitrogens is 2. The van der Waals surface area contributed by atoms with Gasteiger partial charge in [-0.25, -0.2) is 4.79 Å². The number of aromatic amines is 1. The maximum atomic E-state index is 13.0. The molecule has 2 heterocycles. The van der Waals surface area contributed by atoms with Crippen molar-refractivity contribution in [2.75, 3.05) is 6.61 Å². The van der Waals surface area contributed by atoms with E-state index in [1.807, 2.05) is 37.3 Å². The van der Waals surface area contributed by atoms with Gasteiger partial charge in [-0.1, -0.05) is 48.3 Å². The first kappa shape index (κ1) is 17.2. The van der Waals surface area contributed by atoms with Crippen LogP contribution in [0, 0.1) is 12.3 Å². The predicted molar refractivity (Wildman–Crippen MR) is 94.7 cm³/mol. The Morgan fingerprint density at radius 3 is 2.77 bits per heavy atom. The molecule has 0 fully saturated rings. The van der Waals surface area contributed by atoms with Crippen molar-refractivity contribution in [1.29, 1.82) is 0 Å². The molecule has 0 aliphatic heterocycles. The minimum absolute atomic E-state index is 0.134. The fourth-order valence-corrected chi connectivity index (χ4v) is 2.57. The summed E-state index contributed by atoms with van der Waals surface area (Å²) in [6, 6.07) is 10.7. The molecule has 0 aliphatic rings. The molecule has 0 atom stereocenters. The highest BCUT2D eigenvalue weighted by molar-refractivity contribution is 6.13. The average Bonchev–Trinajstić information content (AvgIpc) is 3.33. The molecule has 130 valence electrons. The molecule has 3 rings (SSSR count). The Kier molecular flexibility index (Phi) is 4.99. The first-order valence-corrected chi connectivity index (χ1v) is 8.03. The molecule has 0 saturated carbocycles. The van der Waals surface area contributed by atoms with Gasteiger partial charge in [0, 0.05) is 23.7 Å². The van der Waals surface area contributed by atoms with Gasteiger partial charge in [-0.2, -0.15) is 0 Å². The van der Waals surface area contributed by atoms with Crippen molar-refractivity contribution in [3.63, 3.8) is 0 Å². The van der Waals surface area contributed by atoms with Crippen LogP contribution in [0.25, 0.3) is 11.3 Å². The van der Waals surface area contributed by atoms with Crippen LogP contribution in [0.2, 0.25) is 0 Å². The predicted octanol–water partition coefficient (Wildman–Crippen LogP) is 3.25. The molecule has 1 N–H and O–H groups in total. The third-order valence-electron chi connectivity index (χ3n) is 3.81. The lowest BCUT2D eigenvalue weighted by Gasteiger charge is -2.01. The van der Waals surface area contributed by atoms with Crippen LogP contribution in [-0.4, -0.2) is 28.5 Å². The highest BCUT2D eigenvalue weighted by atomic mass is 16.5. The molecular weight excluding hydrogens is 332 g/mol. The number of hydrogen-bond acceptors (Lipinski definition) is 5. The third kappa shape index (κ3) is 3.28. The number of hydrogen-bond donors (Lipinski definition) is 1. The molecule has 2 aromatic heterocycles. The lowest BCUT2D eigenvalue weighted by Crippen LogP contribution is -2.06. The van der Waals surface area contributed by atoms with Crippen LogP contribution >= 0.6 is 0 Å². The van der Waals surface area contributed by atoms with E-state index in [0.717, 1.165) is 5.56 Å². The number of nitrogens with zero attached hydrogens (tertiary/aromatic N) is 1. The monoisotopic (exact) mass is 348 g/mol. The van der Waals surface area contributed by atoms with E-state index in [1.54, 1.807) is 0 Å². The molecule has 0 radical (unpaired) electrons. The summed E-state index contributed by atoms with van der Waals surface area (Å²) >= 11 is 0. The van der Waals surface area contributed by atoms with Crippen LogP contribution < -0.4 is 0 Å². The Bertz CT molecular complexity index is 977. The maximum Gasteiger partial charge on any atom is 0.355 e. The van der Waals surface area contributed by atoms with Crippen LogP contribution in [-0.2, 0) is 11.2 Å². The largest absolute Gasteiger partial charge is 0.448 e. The van der Waals surface area contributed by atoms with Gasteiger partial charge in [0.1, 0.15) is 17.1 Å². The van der Waals surface area contributed by atoms with Gasteiger partial charge in [0.2, 0.25) is 0 Å².